The van der Waals surface area contributed by atoms with E-state index in [4.69, 9.17) is 0 Å². The highest BCUT2D eigenvalue weighted by atomic mass is 79.9. The molecule has 0 spiro atoms. The Bertz CT molecular complexity index is 564. The van der Waals surface area contributed by atoms with Gasteiger partial charge in [0.25, 0.3) is 5.82 Å². The maximum Gasteiger partial charge on any atom is 0.390 e. The minimum absolute atomic E-state index is 0.00387. The second-order valence-electron chi connectivity index (χ2n) is 2.74. The van der Waals surface area contributed by atoms with E-state index in [2.05, 4.69) is 20.9 Å². The van der Waals surface area contributed by atoms with Crippen molar-refractivity contribution in [1.29, 1.82) is 0 Å². The van der Waals surface area contributed by atoms with E-state index >= 15 is 0 Å². The predicted octanol–water partition coefficient (Wildman–Crippen LogP) is 1.82. The van der Waals surface area contributed by atoms with Crippen molar-refractivity contribution in [3.63, 3.8) is 0 Å². The Morgan fingerprint density at radius 1 is 1.53 bits per heavy atom. The third-order valence-electron chi connectivity index (χ3n) is 1.90. The van der Waals surface area contributed by atoms with Crippen LogP contribution in [-0.2, 0) is 0 Å². The molecule has 7 heteroatoms. The van der Waals surface area contributed by atoms with E-state index in [1.165, 1.54) is 10.5 Å². The standard InChI is InChI=1S/C8H4BrN3O3/c9-6-3-1-2-5-8(12(14)15)10-7(4-13)11(5)6/h1-4H. The number of nitrogens with zero attached hydrogens (tertiary/aromatic N) is 3. The molecule has 15 heavy (non-hydrogen) atoms. The first-order chi connectivity index (χ1) is 7.15. The van der Waals surface area contributed by atoms with Crippen LogP contribution in [0.3, 0.4) is 0 Å². The number of pyridine rings is 1. The third-order valence-corrected chi connectivity index (χ3v) is 2.52. The zero-order valence-corrected chi connectivity index (χ0v) is 8.84. The summed E-state index contributed by atoms with van der Waals surface area (Å²) in [6, 6.07) is 4.84. The molecule has 2 rings (SSSR count). The van der Waals surface area contributed by atoms with E-state index in [1.54, 1.807) is 12.1 Å². The molecule has 2 aromatic rings. The normalized spacial score (nSPS) is 10.5. The van der Waals surface area contributed by atoms with Gasteiger partial charge in [-0.25, -0.2) is 0 Å². The lowest BCUT2D eigenvalue weighted by molar-refractivity contribution is -0.387. The molecule has 0 fully saturated rings. The van der Waals surface area contributed by atoms with Gasteiger partial charge in [-0.3, -0.25) is 9.20 Å². The number of aromatic nitrogens is 2. The lowest BCUT2D eigenvalue weighted by Crippen LogP contribution is -1.93. The van der Waals surface area contributed by atoms with Crippen LogP contribution in [0.1, 0.15) is 10.6 Å². The van der Waals surface area contributed by atoms with Crippen molar-refractivity contribution in [2.24, 2.45) is 0 Å². The highest BCUT2D eigenvalue weighted by molar-refractivity contribution is 9.10. The average Bonchev–Trinajstić information content (AvgIpc) is 2.58. The van der Waals surface area contributed by atoms with Crippen LogP contribution in [0.2, 0.25) is 0 Å². The lowest BCUT2D eigenvalue weighted by Gasteiger charge is -1.95. The van der Waals surface area contributed by atoms with Crippen molar-refractivity contribution in [1.82, 2.24) is 9.38 Å². The van der Waals surface area contributed by atoms with Gasteiger partial charge in [0.1, 0.15) is 5.52 Å². The number of carbonyl (C=O) groups excluding carboxylic acids is 1. The van der Waals surface area contributed by atoms with Gasteiger partial charge in [-0.1, -0.05) is 6.07 Å². The molecule has 2 aromatic heterocycles. The summed E-state index contributed by atoms with van der Waals surface area (Å²) in [6.45, 7) is 0. The Labute approximate surface area is 91.8 Å². The van der Waals surface area contributed by atoms with Crippen molar-refractivity contribution in [3.05, 3.63) is 38.7 Å². The van der Waals surface area contributed by atoms with Crippen molar-refractivity contribution in [3.8, 4) is 0 Å². The van der Waals surface area contributed by atoms with Gasteiger partial charge >= 0.3 is 5.82 Å². The van der Waals surface area contributed by atoms with Crippen LogP contribution in [-0.4, -0.2) is 20.6 Å². The highest BCUT2D eigenvalue weighted by Crippen LogP contribution is 2.23. The lowest BCUT2D eigenvalue weighted by atomic mass is 10.4. The summed E-state index contributed by atoms with van der Waals surface area (Å²) in [5.74, 6) is -0.317. The van der Waals surface area contributed by atoms with Gasteiger partial charge in [0.05, 0.1) is 4.60 Å². The molecule has 0 aromatic carbocycles. The molecule has 0 aliphatic rings. The summed E-state index contributed by atoms with van der Waals surface area (Å²) < 4.78 is 1.92. The van der Waals surface area contributed by atoms with Crippen molar-refractivity contribution in [2.75, 3.05) is 0 Å². The Hall–Kier alpha value is -1.76. The second-order valence-corrected chi connectivity index (χ2v) is 3.55. The molecule has 0 atom stereocenters. The van der Waals surface area contributed by atoms with Crippen molar-refractivity contribution in [2.45, 2.75) is 0 Å². The first kappa shape index (κ1) is 9.78. The molecule has 0 aliphatic heterocycles. The Kier molecular flexibility index (Phi) is 2.24. The molecule has 0 bridgehead atoms. The minimum atomic E-state index is -0.616. The first-order valence-corrected chi connectivity index (χ1v) is 4.71. The number of hydrogen-bond donors (Lipinski definition) is 0. The number of nitro groups is 1. The summed E-state index contributed by atoms with van der Waals surface area (Å²) >= 11 is 3.19. The molecule has 0 unspecified atom stereocenters. The molecular weight excluding hydrogens is 266 g/mol. The van der Waals surface area contributed by atoms with Gasteiger partial charge in [0.15, 0.2) is 0 Å². The second kappa shape index (κ2) is 3.43. The fourth-order valence-electron chi connectivity index (χ4n) is 1.32. The van der Waals surface area contributed by atoms with Gasteiger partial charge in [-0.05, 0) is 38.0 Å². The van der Waals surface area contributed by atoms with E-state index in [1.807, 2.05) is 0 Å². The number of hydrogen-bond acceptors (Lipinski definition) is 4. The van der Waals surface area contributed by atoms with Gasteiger partial charge in [-0.15, -0.1) is 0 Å². The molecule has 2 heterocycles. The molecule has 76 valence electrons. The summed E-state index contributed by atoms with van der Waals surface area (Å²) in [5.41, 5.74) is 0.288. The van der Waals surface area contributed by atoms with Gasteiger partial charge in [-0.2, -0.15) is 0 Å². The van der Waals surface area contributed by atoms with Gasteiger partial charge in [0.2, 0.25) is 6.29 Å². The van der Waals surface area contributed by atoms with Crippen LogP contribution in [0.25, 0.3) is 5.52 Å². The fourth-order valence-corrected chi connectivity index (χ4v) is 1.84. The quantitative estimate of drug-likeness (QED) is 0.361. The largest absolute Gasteiger partial charge is 0.390 e. The zero-order chi connectivity index (χ0) is 11.0. The van der Waals surface area contributed by atoms with Crippen molar-refractivity contribution < 1.29 is 9.72 Å². The maximum atomic E-state index is 10.7. The van der Waals surface area contributed by atoms with Crippen LogP contribution < -0.4 is 0 Å². The molecule has 0 saturated heterocycles. The topological polar surface area (TPSA) is 77.5 Å². The number of carbonyl (C=O) groups is 1. The summed E-state index contributed by atoms with van der Waals surface area (Å²) in [7, 11) is 0. The minimum Gasteiger partial charge on any atom is -0.358 e. The van der Waals surface area contributed by atoms with Crippen molar-refractivity contribution >= 4 is 33.6 Å². The Morgan fingerprint density at radius 3 is 2.87 bits per heavy atom. The molecule has 0 saturated carbocycles. The number of rotatable bonds is 2. The third kappa shape index (κ3) is 1.40. The number of halogens is 1. The summed E-state index contributed by atoms with van der Waals surface area (Å²) in [6.07, 6.45) is 0.477. The van der Waals surface area contributed by atoms with Crippen LogP contribution in [0.15, 0.2) is 22.8 Å². The van der Waals surface area contributed by atoms with Crippen LogP contribution in [0, 0.1) is 10.1 Å². The smallest absolute Gasteiger partial charge is 0.358 e. The molecule has 0 amide bonds. The summed E-state index contributed by atoms with van der Waals surface area (Å²) in [5, 5.41) is 10.7. The molecular formula is C8H4BrN3O3. The molecule has 0 N–H and O–H groups in total. The van der Waals surface area contributed by atoms with Crippen LogP contribution >= 0.6 is 15.9 Å². The maximum absolute atomic E-state index is 10.7. The number of aldehydes is 1. The SMILES string of the molecule is O=Cc1nc([N+](=O)[O-])c2cccc(Br)n12. The van der Waals surface area contributed by atoms with E-state index in [0.29, 0.717) is 10.9 Å². The van der Waals surface area contributed by atoms with E-state index in [-0.39, 0.29) is 17.2 Å². The van der Waals surface area contributed by atoms with Gasteiger partial charge < -0.3 is 10.1 Å². The van der Waals surface area contributed by atoms with E-state index < -0.39 is 4.92 Å². The number of imidazole rings is 1. The highest BCUT2D eigenvalue weighted by Gasteiger charge is 2.22. The first-order valence-electron chi connectivity index (χ1n) is 3.91. The van der Waals surface area contributed by atoms with Gasteiger partial charge in [0, 0.05) is 0 Å². The monoisotopic (exact) mass is 269 g/mol. The van der Waals surface area contributed by atoms with Crippen LogP contribution in [0.5, 0.6) is 0 Å². The number of fused-ring (bicyclic) bond motifs is 1. The predicted molar refractivity (Wildman–Crippen MR) is 54.9 cm³/mol. The Balaban J connectivity index is 2.93. The Morgan fingerprint density at radius 2 is 2.27 bits per heavy atom. The van der Waals surface area contributed by atoms with E-state index in [0.717, 1.165) is 0 Å². The molecule has 0 aliphatic carbocycles. The molecule has 0 radical (unpaired) electrons. The van der Waals surface area contributed by atoms with Crippen LogP contribution in [0.4, 0.5) is 5.82 Å². The zero-order valence-electron chi connectivity index (χ0n) is 7.25. The average molecular weight is 270 g/mol. The van der Waals surface area contributed by atoms with E-state index in [9.17, 15) is 14.9 Å². The molecule has 6 nitrogen and oxygen atoms in total. The fraction of sp³-hybridized carbons (Fsp3) is 0. The summed E-state index contributed by atoms with van der Waals surface area (Å²) in [4.78, 5) is 24.4.